The molecule has 1 unspecified atom stereocenters. The molecule has 0 saturated heterocycles. The Bertz CT molecular complexity index is 462. The lowest BCUT2D eigenvalue weighted by Crippen LogP contribution is -2.14. The molecule has 2 aromatic rings. The fraction of sp³-hybridized carbons (Fsp3) is 0.400. The monoisotopic (exact) mass is 243 g/mol. The standard InChI is InChI=1S/C15H21N3/c1-2-8-18-12-13(11-17-18)9-15(10-16)14-6-4-3-5-7-14/h3-7,11-12,15H,2,8-10,16H2,1H3. The van der Waals surface area contributed by atoms with E-state index in [1.165, 1.54) is 11.1 Å². The maximum Gasteiger partial charge on any atom is 0.0521 e. The van der Waals surface area contributed by atoms with Gasteiger partial charge >= 0.3 is 0 Å². The third-order valence-corrected chi connectivity index (χ3v) is 3.18. The Labute approximate surface area is 109 Å². The van der Waals surface area contributed by atoms with Gasteiger partial charge in [-0.25, -0.2) is 0 Å². The van der Waals surface area contributed by atoms with Crippen LogP contribution in [0.5, 0.6) is 0 Å². The maximum absolute atomic E-state index is 5.89. The molecule has 1 heterocycles. The summed E-state index contributed by atoms with van der Waals surface area (Å²) in [5.41, 5.74) is 8.47. The van der Waals surface area contributed by atoms with Gasteiger partial charge in [-0.3, -0.25) is 4.68 Å². The van der Waals surface area contributed by atoms with Crippen molar-refractivity contribution in [3.63, 3.8) is 0 Å². The Kier molecular flexibility index (Phi) is 4.53. The summed E-state index contributed by atoms with van der Waals surface area (Å²) in [7, 11) is 0. The summed E-state index contributed by atoms with van der Waals surface area (Å²) in [5, 5.41) is 4.36. The molecule has 2 rings (SSSR count). The number of nitrogens with zero attached hydrogens (tertiary/aromatic N) is 2. The third-order valence-electron chi connectivity index (χ3n) is 3.18. The average Bonchev–Trinajstić information content (AvgIpc) is 2.85. The molecule has 3 nitrogen and oxygen atoms in total. The van der Waals surface area contributed by atoms with Crippen LogP contribution >= 0.6 is 0 Å². The lowest BCUT2D eigenvalue weighted by Gasteiger charge is -2.13. The van der Waals surface area contributed by atoms with Gasteiger partial charge in [-0.15, -0.1) is 0 Å². The van der Waals surface area contributed by atoms with E-state index in [1.54, 1.807) is 0 Å². The molecule has 0 radical (unpaired) electrons. The second-order valence-electron chi connectivity index (χ2n) is 4.66. The Morgan fingerprint density at radius 1 is 1.28 bits per heavy atom. The van der Waals surface area contributed by atoms with Crippen molar-refractivity contribution in [1.82, 2.24) is 9.78 Å². The minimum absolute atomic E-state index is 0.380. The van der Waals surface area contributed by atoms with Crippen LogP contribution in [-0.4, -0.2) is 16.3 Å². The SMILES string of the molecule is CCCn1cc(CC(CN)c2ccccc2)cn1. The molecule has 0 fully saturated rings. The van der Waals surface area contributed by atoms with E-state index in [2.05, 4.69) is 42.5 Å². The quantitative estimate of drug-likeness (QED) is 0.847. The van der Waals surface area contributed by atoms with Crippen LogP contribution in [-0.2, 0) is 13.0 Å². The number of aromatic nitrogens is 2. The van der Waals surface area contributed by atoms with Gasteiger partial charge in [0, 0.05) is 18.7 Å². The molecule has 0 aliphatic rings. The molecule has 3 heteroatoms. The first-order valence-corrected chi connectivity index (χ1v) is 6.59. The van der Waals surface area contributed by atoms with Crippen molar-refractivity contribution in [3.05, 3.63) is 53.9 Å². The molecule has 0 amide bonds. The van der Waals surface area contributed by atoms with Gasteiger partial charge in [0.15, 0.2) is 0 Å². The maximum atomic E-state index is 5.89. The van der Waals surface area contributed by atoms with Crippen molar-refractivity contribution >= 4 is 0 Å². The first kappa shape index (κ1) is 12.8. The van der Waals surface area contributed by atoms with E-state index < -0.39 is 0 Å². The zero-order chi connectivity index (χ0) is 12.8. The number of benzene rings is 1. The second kappa shape index (κ2) is 6.36. The Hall–Kier alpha value is -1.61. The fourth-order valence-electron chi connectivity index (χ4n) is 2.21. The lowest BCUT2D eigenvalue weighted by atomic mass is 9.93. The van der Waals surface area contributed by atoms with Crippen LogP contribution in [0, 0.1) is 0 Å². The predicted molar refractivity (Wildman–Crippen MR) is 74.5 cm³/mol. The topological polar surface area (TPSA) is 43.8 Å². The van der Waals surface area contributed by atoms with Crippen molar-refractivity contribution in [1.29, 1.82) is 0 Å². The molecule has 0 saturated carbocycles. The van der Waals surface area contributed by atoms with Crippen molar-refractivity contribution in [3.8, 4) is 0 Å². The Morgan fingerprint density at radius 2 is 2.06 bits per heavy atom. The first-order valence-electron chi connectivity index (χ1n) is 6.59. The zero-order valence-electron chi connectivity index (χ0n) is 10.9. The van der Waals surface area contributed by atoms with Crippen molar-refractivity contribution in [2.75, 3.05) is 6.54 Å². The molecule has 0 bridgehead atoms. The summed E-state index contributed by atoms with van der Waals surface area (Å²) in [6.45, 7) is 3.82. The van der Waals surface area contributed by atoms with E-state index in [0.29, 0.717) is 12.5 Å². The number of nitrogens with two attached hydrogens (primary N) is 1. The van der Waals surface area contributed by atoms with Gasteiger partial charge < -0.3 is 5.73 Å². The normalized spacial score (nSPS) is 12.6. The summed E-state index contributed by atoms with van der Waals surface area (Å²) in [6, 6.07) is 10.5. The molecule has 1 atom stereocenters. The number of aryl methyl sites for hydroxylation is 1. The molecular weight excluding hydrogens is 222 g/mol. The molecule has 2 N–H and O–H groups in total. The number of hydrogen-bond donors (Lipinski definition) is 1. The third kappa shape index (κ3) is 3.20. The van der Waals surface area contributed by atoms with E-state index in [1.807, 2.05) is 16.9 Å². The molecule has 1 aromatic carbocycles. The van der Waals surface area contributed by atoms with Crippen LogP contribution in [0.4, 0.5) is 0 Å². The largest absolute Gasteiger partial charge is 0.330 e. The van der Waals surface area contributed by atoms with E-state index in [4.69, 9.17) is 5.73 Å². The molecule has 96 valence electrons. The van der Waals surface area contributed by atoms with E-state index >= 15 is 0 Å². The lowest BCUT2D eigenvalue weighted by molar-refractivity contribution is 0.601. The minimum atomic E-state index is 0.380. The van der Waals surface area contributed by atoms with Gasteiger partial charge in [-0.2, -0.15) is 5.10 Å². The fourth-order valence-corrected chi connectivity index (χ4v) is 2.21. The van der Waals surface area contributed by atoms with E-state index in [-0.39, 0.29) is 0 Å². The van der Waals surface area contributed by atoms with Crippen LogP contribution < -0.4 is 5.73 Å². The Morgan fingerprint density at radius 3 is 2.72 bits per heavy atom. The summed E-state index contributed by atoms with van der Waals surface area (Å²) >= 11 is 0. The summed E-state index contributed by atoms with van der Waals surface area (Å²) in [6.07, 6.45) is 6.17. The van der Waals surface area contributed by atoms with Crippen molar-refractivity contribution in [2.45, 2.75) is 32.2 Å². The summed E-state index contributed by atoms with van der Waals surface area (Å²) < 4.78 is 2.01. The van der Waals surface area contributed by atoms with Gasteiger partial charge in [0.1, 0.15) is 0 Å². The van der Waals surface area contributed by atoms with Gasteiger partial charge in [-0.05, 0) is 30.5 Å². The van der Waals surface area contributed by atoms with Crippen molar-refractivity contribution in [2.24, 2.45) is 5.73 Å². The van der Waals surface area contributed by atoms with Gasteiger partial charge in [0.05, 0.1) is 6.20 Å². The predicted octanol–water partition coefficient (Wildman–Crippen LogP) is 2.58. The molecular formula is C15H21N3. The zero-order valence-corrected chi connectivity index (χ0v) is 10.9. The summed E-state index contributed by atoms with van der Waals surface area (Å²) in [4.78, 5) is 0. The van der Waals surface area contributed by atoms with E-state index in [0.717, 1.165) is 19.4 Å². The number of rotatable bonds is 6. The smallest absolute Gasteiger partial charge is 0.0521 e. The molecule has 18 heavy (non-hydrogen) atoms. The highest BCUT2D eigenvalue weighted by Gasteiger charge is 2.11. The first-order chi connectivity index (χ1) is 8.83. The highest BCUT2D eigenvalue weighted by molar-refractivity contribution is 5.22. The van der Waals surface area contributed by atoms with Crippen LogP contribution in [0.15, 0.2) is 42.7 Å². The second-order valence-corrected chi connectivity index (χ2v) is 4.66. The van der Waals surface area contributed by atoms with Crippen LogP contribution in [0.25, 0.3) is 0 Å². The van der Waals surface area contributed by atoms with Gasteiger partial charge in [0.2, 0.25) is 0 Å². The Balaban J connectivity index is 2.06. The van der Waals surface area contributed by atoms with Crippen LogP contribution in [0.2, 0.25) is 0 Å². The van der Waals surface area contributed by atoms with Crippen molar-refractivity contribution < 1.29 is 0 Å². The number of hydrogen-bond acceptors (Lipinski definition) is 2. The van der Waals surface area contributed by atoms with Crippen LogP contribution in [0.1, 0.15) is 30.4 Å². The van der Waals surface area contributed by atoms with Gasteiger partial charge in [-0.1, -0.05) is 37.3 Å². The summed E-state index contributed by atoms with van der Waals surface area (Å²) in [5.74, 6) is 0.380. The molecule has 0 spiro atoms. The van der Waals surface area contributed by atoms with Gasteiger partial charge in [0.25, 0.3) is 0 Å². The highest BCUT2D eigenvalue weighted by atomic mass is 15.3. The molecule has 1 aromatic heterocycles. The minimum Gasteiger partial charge on any atom is -0.330 e. The molecule has 0 aliphatic heterocycles. The average molecular weight is 243 g/mol. The molecule has 0 aliphatic carbocycles. The van der Waals surface area contributed by atoms with Crippen LogP contribution in [0.3, 0.4) is 0 Å². The highest BCUT2D eigenvalue weighted by Crippen LogP contribution is 2.19. The van der Waals surface area contributed by atoms with E-state index in [9.17, 15) is 0 Å².